The molecule has 0 radical (unpaired) electrons. The highest BCUT2D eigenvalue weighted by atomic mass is 16.2. The molecule has 0 spiro atoms. The third kappa shape index (κ3) is 3.55. The Morgan fingerprint density at radius 2 is 2.04 bits per heavy atom. The molecule has 8 nitrogen and oxygen atoms in total. The van der Waals surface area contributed by atoms with Crippen LogP contribution in [0.25, 0.3) is 5.82 Å². The molecule has 2 aromatic rings. The second-order valence-electron chi connectivity index (χ2n) is 7.00. The zero-order valence-electron chi connectivity index (χ0n) is 14.8. The van der Waals surface area contributed by atoms with Gasteiger partial charge in [0.1, 0.15) is 6.33 Å². The molecule has 0 aromatic carbocycles. The smallest absolute Gasteiger partial charge is 0.266 e. The first kappa shape index (κ1) is 17.0. The van der Waals surface area contributed by atoms with Gasteiger partial charge in [-0.3, -0.25) is 19.1 Å². The third-order valence-electron chi connectivity index (χ3n) is 5.33. The van der Waals surface area contributed by atoms with Gasteiger partial charge in [0.15, 0.2) is 5.82 Å². The first-order valence-electron chi connectivity index (χ1n) is 9.29. The highest BCUT2D eigenvalue weighted by Crippen LogP contribution is 2.19. The lowest BCUT2D eigenvalue weighted by molar-refractivity contribution is -0.127. The van der Waals surface area contributed by atoms with E-state index in [1.54, 1.807) is 33.9 Å². The summed E-state index contributed by atoms with van der Waals surface area (Å²) in [5.74, 6) is 0.959. The molecule has 2 saturated heterocycles. The molecule has 4 heterocycles. The Balaban J connectivity index is 1.43. The van der Waals surface area contributed by atoms with Crippen molar-refractivity contribution in [3.8, 4) is 5.82 Å². The highest BCUT2D eigenvalue weighted by molar-refractivity contribution is 5.78. The van der Waals surface area contributed by atoms with Crippen molar-refractivity contribution in [3.63, 3.8) is 0 Å². The maximum Gasteiger partial charge on any atom is 0.266 e. The van der Waals surface area contributed by atoms with E-state index in [1.165, 1.54) is 0 Å². The molecule has 2 fully saturated rings. The van der Waals surface area contributed by atoms with Gasteiger partial charge in [0.2, 0.25) is 5.91 Å². The van der Waals surface area contributed by atoms with Gasteiger partial charge in [-0.05, 0) is 31.9 Å². The van der Waals surface area contributed by atoms with Crippen molar-refractivity contribution >= 4 is 5.91 Å². The van der Waals surface area contributed by atoms with E-state index in [1.807, 2.05) is 11.1 Å². The van der Waals surface area contributed by atoms with Crippen LogP contribution < -0.4 is 5.56 Å². The van der Waals surface area contributed by atoms with Crippen molar-refractivity contribution in [2.24, 2.45) is 0 Å². The molecule has 2 aliphatic heterocycles. The van der Waals surface area contributed by atoms with Crippen molar-refractivity contribution in [2.45, 2.75) is 38.3 Å². The lowest BCUT2D eigenvalue weighted by atomic mass is 10.2. The number of nitrogens with zero attached hydrogens (tertiary/aromatic N) is 6. The minimum atomic E-state index is -0.0876. The lowest BCUT2D eigenvalue weighted by Crippen LogP contribution is -2.41. The molecule has 26 heavy (non-hydrogen) atoms. The lowest BCUT2D eigenvalue weighted by Gasteiger charge is -2.27. The monoisotopic (exact) mass is 356 g/mol. The van der Waals surface area contributed by atoms with Gasteiger partial charge in [0.25, 0.3) is 5.56 Å². The average Bonchev–Trinajstić information content (AvgIpc) is 3.38. The molecule has 138 valence electrons. The van der Waals surface area contributed by atoms with Crippen LogP contribution in [0, 0.1) is 0 Å². The SMILES string of the molecule is O=C1CCCN1CCN1CCCC1Cn1nc(-n2ccnc2)ccc1=O. The average molecular weight is 356 g/mol. The van der Waals surface area contributed by atoms with Gasteiger partial charge >= 0.3 is 0 Å². The number of aromatic nitrogens is 4. The summed E-state index contributed by atoms with van der Waals surface area (Å²) in [5.41, 5.74) is -0.0876. The number of imidazole rings is 1. The molecule has 2 aromatic heterocycles. The van der Waals surface area contributed by atoms with Crippen LogP contribution in [-0.4, -0.2) is 67.3 Å². The number of likely N-dealkylation sites (tertiary alicyclic amines) is 2. The van der Waals surface area contributed by atoms with Crippen LogP contribution in [0.5, 0.6) is 0 Å². The van der Waals surface area contributed by atoms with Crippen LogP contribution in [0.4, 0.5) is 0 Å². The fraction of sp³-hybridized carbons (Fsp3) is 0.556. The van der Waals surface area contributed by atoms with E-state index in [0.717, 1.165) is 45.4 Å². The minimum Gasteiger partial charge on any atom is -0.341 e. The molecule has 4 rings (SSSR count). The van der Waals surface area contributed by atoms with Crippen LogP contribution in [0.15, 0.2) is 35.6 Å². The van der Waals surface area contributed by atoms with Crippen molar-refractivity contribution in [2.75, 3.05) is 26.2 Å². The maximum absolute atomic E-state index is 12.2. The number of amides is 1. The molecular formula is C18H24N6O2. The highest BCUT2D eigenvalue weighted by Gasteiger charge is 2.27. The fourth-order valence-corrected chi connectivity index (χ4v) is 3.89. The maximum atomic E-state index is 12.2. The molecule has 8 heteroatoms. The van der Waals surface area contributed by atoms with Crippen LogP contribution >= 0.6 is 0 Å². The summed E-state index contributed by atoms with van der Waals surface area (Å²) in [5, 5.41) is 4.50. The Bertz CT molecular complexity index is 815. The summed E-state index contributed by atoms with van der Waals surface area (Å²) in [6.45, 7) is 4.13. The van der Waals surface area contributed by atoms with Gasteiger partial charge < -0.3 is 4.90 Å². The quantitative estimate of drug-likeness (QED) is 0.754. The van der Waals surface area contributed by atoms with Gasteiger partial charge in [-0.1, -0.05) is 0 Å². The molecule has 1 amide bonds. The van der Waals surface area contributed by atoms with Crippen molar-refractivity contribution in [3.05, 3.63) is 41.2 Å². The van der Waals surface area contributed by atoms with E-state index < -0.39 is 0 Å². The predicted molar refractivity (Wildman–Crippen MR) is 96.0 cm³/mol. The van der Waals surface area contributed by atoms with E-state index in [-0.39, 0.29) is 17.5 Å². The van der Waals surface area contributed by atoms with Gasteiger partial charge in [-0.2, -0.15) is 5.10 Å². The zero-order chi connectivity index (χ0) is 17.9. The largest absolute Gasteiger partial charge is 0.341 e. The number of hydrogen-bond donors (Lipinski definition) is 0. The Hall–Kier alpha value is -2.48. The van der Waals surface area contributed by atoms with Gasteiger partial charge in [0, 0.05) is 50.6 Å². The third-order valence-corrected chi connectivity index (χ3v) is 5.33. The minimum absolute atomic E-state index is 0.0876. The topological polar surface area (TPSA) is 76.3 Å². The molecule has 0 aliphatic carbocycles. The number of carbonyl (C=O) groups is 1. The summed E-state index contributed by atoms with van der Waals surface area (Å²) in [6, 6.07) is 3.56. The van der Waals surface area contributed by atoms with Gasteiger partial charge in [0.05, 0.1) is 6.54 Å². The molecule has 0 N–H and O–H groups in total. The predicted octanol–water partition coefficient (Wildman–Crippen LogP) is 0.516. The summed E-state index contributed by atoms with van der Waals surface area (Å²) in [7, 11) is 0. The number of hydrogen-bond acceptors (Lipinski definition) is 5. The first-order valence-corrected chi connectivity index (χ1v) is 9.29. The molecule has 1 unspecified atom stereocenters. The number of carbonyl (C=O) groups excluding carboxylic acids is 1. The van der Waals surface area contributed by atoms with Crippen LogP contribution in [0.3, 0.4) is 0 Å². The molecule has 0 bridgehead atoms. The van der Waals surface area contributed by atoms with E-state index in [2.05, 4.69) is 15.0 Å². The summed E-state index contributed by atoms with van der Waals surface area (Å²) < 4.78 is 3.35. The number of rotatable bonds is 6. The van der Waals surface area contributed by atoms with E-state index in [9.17, 15) is 9.59 Å². The summed E-state index contributed by atoms with van der Waals surface area (Å²) in [4.78, 5) is 32.4. The van der Waals surface area contributed by atoms with Crippen molar-refractivity contribution < 1.29 is 4.79 Å². The van der Waals surface area contributed by atoms with Crippen molar-refractivity contribution in [1.82, 2.24) is 29.1 Å². The Morgan fingerprint density at radius 3 is 2.81 bits per heavy atom. The standard InChI is InChI=1S/C18H24N6O2/c25-17-4-2-9-22(17)12-11-21-8-1-3-15(21)13-24-18(26)6-5-16(20-24)23-10-7-19-14-23/h5-7,10,14-15H,1-4,8-9,11-13H2. The van der Waals surface area contributed by atoms with Crippen LogP contribution in [0.1, 0.15) is 25.7 Å². The molecule has 1 atom stereocenters. The molecule has 0 saturated carbocycles. The van der Waals surface area contributed by atoms with Gasteiger partial charge in [-0.15, -0.1) is 0 Å². The Kier molecular flexibility index (Phi) is 4.83. The summed E-state index contributed by atoms with van der Waals surface area (Å²) in [6.07, 6.45) is 9.01. The van der Waals surface area contributed by atoms with Crippen molar-refractivity contribution in [1.29, 1.82) is 0 Å². The van der Waals surface area contributed by atoms with E-state index in [4.69, 9.17) is 0 Å². The normalized spacial score (nSPS) is 21.0. The second kappa shape index (κ2) is 7.41. The van der Waals surface area contributed by atoms with E-state index >= 15 is 0 Å². The molecular weight excluding hydrogens is 332 g/mol. The zero-order valence-corrected chi connectivity index (χ0v) is 14.8. The fourth-order valence-electron chi connectivity index (χ4n) is 3.89. The van der Waals surface area contributed by atoms with E-state index in [0.29, 0.717) is 18.8 Å². The first-order chi connectivity index (χ1) is 12.7. The summed E-state index contributed by atoms with van der Waals surface area (Å²) >= 11 is 0. The van der Waals surface area contributed by atoms with Crippen LogP contribution in [0.2, 0.25) is 0 Å². The Morgan fingerprint density at radius 1 is 1.12 bits per heavy atom. The Labute approximate surface area is 152 Å². The van der Waals surface area contributed by atoms with Gasteiger partial charge in [-0.25, -0.2) is 9.67 Å². The molecule has 2 aliphatic rings. The second-order valence-corrected chi connectivity index (χ2v) is 7.00. The van der Waals surface area contributed by atoms with Crippen LogP contribution in [-0.2, 0) is 11.3 Å².